The number of nitrogens with one attached hydrogen (secondary N) is 2. The summed E-state index contributed by atoms with van der Waals surface area (Å²) in [6, 6.07) is 0. The third kappa shape index (κ3) is 2.91. The summed E-state index contributed by atoms with van der Waals surface area (Å²) in [6.07, 6.45) is 6.87. The Labute approximate surface area is 145 Å². The van der Waals surface area contributed by atoms with Gasteiger partial charge in [-0.1, -0.05) is 13.8 Å². The van der Waals surface area contributed by atoms with Crippen molar-refractivity contribution in [2.24, 2.45) is 28.1 Å². The van der Waals surface area contributed by atoms with Gasteiger partial charge < -0.3 is 15.7 Å². The summed E-state index contributed by atoms with van der Waals surface area (Å²) in [6.45, 7) is 6.90. The van der Waals surface area contributed by atoms with Crippen LogP contribution in [0.2, 0.25) is 0 Å². The first kappa shape index (κ1) is 17.5. The van der Waals surface area contributed by atoms with Crippen LogP contribution in [0.3, 0.4) is 0 Å². The Morgan fingerprint density at radius 2 is 1.78 bits per heavy atom. The third-order valence-electron chi connectivity index (χ3n) is 6.94. The Bertz CT molecular complexity index is 479. The monoisotopic (exact) mass is 342 g/mol. The van der Waals surface area contributed by atoms with Crippen LogP contribution in [0.4, 0.5) is 0 Å². The van der Waals surface area contributed by atoms with Crippen LogP contribution in [0, 0.1) is 28.1 Å². The molecule has 4 aliphatic carbocycles. The molecule has 1 aliphatic heterocycles. The minimum Gasteiger partial charge on any atom is -0.391 e. The van der Waals surface area contributed by atoms with Gasteiger partial charge in [0.1, 0.15) is 0 Å². The van der Waals surface area contributed by atoms with E-state index in [0.29, 0.717) is 23.9 Å². The Morgan fingerprint density at radius 1 is 1.13 bits per heavy atom. The van der Waals surface area contributed by atoms with Crippen LogP contribution < -0.4 is 10.6 Å². The lowest BCUT2D eigenvalue weighted by Crippen LogP contribution is -2.60. The fourth-order valence-electron chi connectivity index (χ4n) is 7.04. The molecule has 3 N–H and O–H groups in total. The highest BCUT2D eigenvalue weighted by Gasteiger charge is 2.62. The fraction of sp³-hybridized carbons (Fsp3) is 0.944. The van der Waals surface area contributed by atoms with Crippen LogP contribution in [-0.4, -0.2) is 36.8 Å². The third-order valence-corrected chi connectivity index (χ3v) is 6.94. The van der Waals surface area contributed by atoms with Gasteiger partial charge in [-0.2, -0.15) is 0 Å². The van der Waals surface area contributed by atoms with Crippen molar-refractivity contribution in [3.05, 3.63) is 0 Å². The van der Waals surface area contributed by atoms with E-state index in [1.54, 1.807) is 0 Å². The number of carbonyl (C=O) groups excluding carboxylic acids is 1. The summed E-state index contributed by atoms with van der Waals surface area (Å²) in [5.74, 6) is 1.19. The SMILES string of the molecule is CC12CC3CC(C)(C1)CC(C(=O)NCC1CNCC1O)(C3)C2.Cl. The van der Waals surface area contributed by atoms with E-state index in [0.717, 1.165) is 31.7 Å². The van der Waals surface area contributed by atoms with Gasteiger partial charge in [-0.3, -0.25) is 4.79 Å². The predicted molar refractivity (Wildman–Crippen MR) is 92.5 cm³/mol. The van der Waals surface area contributed by atoms with E-state index < -0.39 is 0 Å². The summed E-state index contributed by atoms with van der Waals surface area (Å²) in [5, 5.41) is 16.3. The van der Waals surface area contributed by atoms with Crippen LogP contribution in [0.5, 0.6) is 0 Å². The van der Waals surface area contributed by atoms with Gasteiger partial charge in [0.15, 0.2) is 0 Å². The molecule has 0 aromatic heterocycles. The second-order valence-electron chi connectivity index (χ2n) is 9.61. The molecule has 1 amide bonds. The number of halogens is 1. The van der Waals surface area contributed by atoms with Crippen molar-refractivity contribution < 1.29 is 9.90 Å². The first-order valence-electron chi connectivity index (χ1n) is 8.99. The number of carbonyl (C=O) groups is 1. The molecule has 1 saturated heterocycles. The van der Waals surface area contributed by atoms with Gasteiger partial charge in [0.05, 0.1) is 11.5 Å². The lowest BCUT2D eigenvalue weighted by molar-refractivity contribution is -0.170. The van der Waals surface area contributed by atoms with Crippen molar-refractivity contribution in [2.45, 2.75) is 58.5 Å². The fourth-order valence-corrected chi connectivity index (χ4v) is 7.04. The normalized spacial score (nSPS) is 50.7. The molecule has 0 aromatic carbocycles. The summed E-state index contributed by atoms with van der Waals surface area (Å²) < 4.78 is 0. The van der Waals surface area contributed by atoms with E-state index >= 15 is 0 Å². The molecule has 132 valence electrons. The van der Waals surface area contributed by atoms with E-state index in [1.807, 2.05) is 0 Å². The Balaban J connectivity index is 0.00000156. The lowest BCUT2D eigenvalue weighted by atomic mass is 9.40. The molecular formula is C18H31ClN2O2. The zero-order valence-corrected chi connectivity index (χ0v) is 15.2. The van der Waals surface area contributed by atoms with Gasteiger partial charge in [0, 0.05) is 25.6 Å². The standard InChI is InChI=1S/C18H30N2O2.ClH/c1-16-3-12-4-17(2,9-16)11-18(5-12,10-16)15(22)20-7-13-6-19-8-14(13)21;/h12-14,19,21H,3-11H2,1-2H3,(H,20,22);1H. The van der Waals surface area contributed by atoms with Crippen molar-refractivity contribution in [2.75, 3.05) is 19.6 Å². The quantitative estimate of drug-likeness (QED) is 0.736. The molecule has 4 bridgehead atoms. The van der Waals surface area contributed by atoms with Crippen LogP contribution in [-0.2, 0) is 4.79 Å². The molecule has 5 aliphatic rings. The number of hydrogen-bond acceptors (Lipinski definition) is 3. The minimum atomic E-state index is -0.313. The highest BCUT2D eigenvalue weighted by Crippen LogP contribution is 2.69. The summed E-state index contributed by atoms with van der Waals surface area (Å²) in [4.78, 5) is 13.0. The summed E-state index contributed by atoms with van der Waals surface area (Å²) in [5.41, 5.74) is 0.625. The van der Waals surface area contributed by atoms with Crippen molar-refractivity contribution >= 4 is 18.3 Å². The molecule has 23 heavy (non-hydrogen) atoms. The lowest BCUT2D eigenvalue weighted by Gasteiger charge is -2.64. The molecule has 0 spiro atoms. The maximum Gasteiger partial charge on any atom is 0.226 e. The molecule has 4 atom stereocenters. The maximum atomic E-state index is 13.0. The van der Waals surface area contributed by atoms with Crippen LogP contribution in [0.25, 0.3) is 0 Å². The number of β-amino-alcohol motifs (C(OH)–C–C–N with tert-alkyl or cyclic N) is 1. The molecule has 5 heteroatoms. The van der Waals surface area contributed by atoms with E-state index in [-0.39, 0.29) is 35.8 Å². The Morgan fingerprint density at radius 3 is 2.30 bits per heavy atom. The Kier molecular flexibility index (Phi) is 4.26. The second kappa shape index (κ2) is 5.60. The van der Waals surface area contributed by atoms with E-state index in [4.69, 9.17) is 0 Å². The highest BCUT2D eigenvalue weighted by atomic mass is 35.5. The topological polar surface area (TPSA) is 61.4 Å². The molecule has 0 radical (unpaired) electrons. The number of rotatable bonds is 3. The Hall–Kier alpha value is -0.320. The van der Waals surface area contributed by atoms with Crippen LogP contribution in [0.15, 0.2) is 0 Å². The van der Waals surface area contributed by atoms with E-state index in [1.165, 1.54) is 19.3 Å². The van der Waals surface area contributed by atoms with Crippen LogP contribution in [0.1, 0.15) is 52.4 Å². The van der Waals surface area contributed by atoms with Gasteiger partial charge in [-0.05, 0) is 55.3 Å². The van der Waals surface area contributed by atoms with Crippen molar-refractivity contribution in [3.8, 4) is 0 Å². The molecule has 1 heterocycles. The van der Waals surface area contributed by atoms with Gasteiger partial charge >= 0.3 is 0 Å². The smallest absolute Gasteiger partial charge is 0.226 e. The first-order chi connectivity index (χ1) is 10.3. The number of aliphatic hydroxyl groups excluding tert-OH is 1. The summed E-state index contributed by atoms with van der Waals surface area (Å²) in [7, 11) is 0. The molecule has 4 saturated carbocycles. The average molecular weight is 343 g/mol. The highest BCUT2D eigenvalue weighted by molar-refractivity contribution is 5.85. The number of hydrogen-bond donors (Lipinski definition) is 3. The van der Waals surface area contributed by atoms with Crippen molar-refractivity contribution in [3.63, 3.8) is 0 Å². The van der Waals surface area contributed by atoms with Crippen LogP contribution >= 0.6 is 12.4 Å². The molecule has 4 unspecified atom stereocenters. The largest absolute Gasteiger partial charge is 0.391 e. The van der Waals surface area contributed by atoms with Gasteiger partial charge in [-0.15, -0.1) is 12.4 Å². The summed E-state index contributed by atoms with van der Waals surface area (Å²) >= 11 is 0. The van der Waals surface area contributed by atoms with E-state index in [9.17, 15) is 9.90 Å². The van der Waals surface area contributed by atoms with Crippen molar-refractivity contribution in [1.82, 2.24) is 10.6 Å². The average Bonchev–Trinajstić information content (AvgIpc) is 2.77. The van der Waals surface area contributed by atoms with Gasteiger partial charge in [0.2, 0.25) is 5.91 Å². The molecule has 5 fully saturated rings. The first-order valence-corrected chi connectivity index (χ1v) is 8.99. The van der Waals surface area contributed by atoms with Gasteiger partial charge in [-0.25, -0.2) is 0 Å². The molecule has 0 aromatic rings. The maximum absolute atomic E-state index is 13.0. The number of amides is 1. The zero-order valence-electron chi connectivity index (χ0n) is 14.4. The molecular weight excluding hydrogens is 312 g/mol. The van der Waals surface area contributed by atoms with E-state index in [2.05, 4.69) is 24.5 Å². The molecule has 4 nitrogen and oxygen atoms in total. The van der Waals surface area contributed by atoms with Crippen molar-refractivity contribution in [1.29, 1.82) is 0 Å². The zero-order chi connectivity index (χ0) is 15.6. The van der Waals surface area contributed by atoms with Gasteiger partial charge in [0.25, 0.3) is 0 Å². The second-order valence-corrected chi connectivity index (χ2v) is 9.61. The minimum absolute atomic E-state index is 0. The molecule has 5 rings (SSSR count). The number of aliphatic hydroxyl groups is 1. The predicted octanol–water partition coefficient (Wildman–Crippen LogP) is 2.10.